The summed E-state index contributed by atoms with van der Waals surface area (Å²) in [6.07, 6.45) is 4.86. The largest absolute Gasteiger partial charge is 0.393 e. The first-order valence-corrected chi connectivity index (χ1v) is 4.09. The zero-order valence-corrected chi connectivity index (χ0v) is 7.50. The van der Waals surface area contributed by atoms with Gasteiger partial charge in [0, 0.05) is 6.42 Å². The number of carbonyl (C=O) groups is 2. The highest BCUT2D eigenvalue weighted by Crippen LogP contribution is 1.92. The van der Waals surface area contributed by atoms with Crippen LogP contribution in [-0.2, 0) is 14.3 Å². The summed E-state index contributed by atoms with van der Waals surface area (Å²) in [4.78, 5) is 21.4. The Morgan fingerprint density at radius 2 is 1.83 bits per heavy atom. The molecule has 0 aliphatic heterocycles. The number of allylic oxidation sites excluding steroid dienone is 1. The molecule has 0 aromatic heterocycles. The van der Waals surface area contributed by atoms with Gasteiger partial charge in [0.05, 0.1) is 6.42 Å². The van der Waals surface area contributed by atoms with Gasteiger partial charge in [-0.25, -0.2) is 0 Å². The number of ether oxygens (including phenoxy) is 1. The fourth-order valence-electron chi connectivity index (χ4n) is 0.587. The highest BCUT2D eigenvalue weighted by atomic mass is 16.6. The van der Waals surface area contributed by atoms with Crippen LogP contribution in [0.3, 0.4) is 0 Å². The molecule has 0 aromatic rings. The molecule has 0 heterocycles. The molecule has 0 radical (unpaired) electrons. The standard InChI is InChI=1S/C9H14O3/c1-3-5-6-7-9(11)12-8(10)4-2/h5-6H,3-4,7H2,1-2H3/b6-5+. The molecule has 0 atom stereocenters. The molecule has 0 bridgehead atoms. The number of carbonyl (C=O) groups excluding carboxylic acids is 2. The number of hydrogen-bond acceptors (Lipinski definition) is 3. The predicted octanol–water partition coefficient (Wildman–Crippen LogP) is 1.82. The minimum atomic E-state index is -0.480. The molecule has 3 nitrogen and oxygen atoms in total. The van der Waals surface area contributed by atoms with E-state index in [1.54, 1.807) is 13.0 Å². The Bertz CT molecular complexity index is 182. The van der Waals surface area contributed by atoms with Crippen molar-refractivity contribution in [2.24, 2.45) is 0 Å². The van der Waals surface area contributed by atoms with Crippen molar-refractivity contribution in [1.82, 2.24) is 0 Å². The van der Waals surface area contributed by atoms with Crippen LogP contribution in [0.1, 0.15) is 33.1 Å². The van der Waals surface area contributed by atoms with Crippen molar-refractivity contribution in [3.8, 4) is 0 Å². The van der Waals surface area contributed by atoms with E-state index in [0.29, 0.717) is 0 Å². The Balaban J connectivity index is 3.60. The second kappa shape index (κ2) is 6.58. The Labute approximate surface area is 72.4 Å². The first kappa shape index (κ1) is 10.9. The molecule has 68 valence electrons. The van der Waals surface area contributed by atoms with Crippen molar-refractivity contribution in [1.29, 1.82) is 0 Å². The normalized spacial score (nSPS) is 10.2. The van der Waals surface area contributed by atoms with Crippen LogP contribution >= 0.6 is 0 Å². The zero-order valence-electron chi connectivity index (χ0n) is 7.50. The smallest absolute Gasteiger partial charge is 0.317 e. The summed E-state index contributed by atoms with van der Waals surface area (Å²) in [5, 5.41) is 0. The van der Waals surface area contributed by atoms with Gasteiger partial charge in [0.15, 0.2) is 0 Å². The molecule has 0 amide bonds. The van der Waals surface area contributed by atoms with Gasteiger partial charge in [0.1, 0.15) is 0 Å². The molecular weight excluding hydrogens is 156 g/mol. The Morgan fingerprint density at radius 3 is 2.33 bits per heavy atom. The van der Waals surface area contributed by atoms with E-state index in [0.717, 1.165) is 6.42 Å². The fourth-order valence-corrected chi connectivity index (χ4v) is 0.587. The summed E-state index contributed by atoms with van der Waals surface area (Å²) in [6, 6.07) is 0. The maximum Gasteiger partial charge on any atom is 0.317 e. The predicted molar refractivity (Wildman–Crippen MR) is 45.4 cm³/mol. The van der Waals surface area contributed by atoms with Crippen molar-refractivity contribution >= 4 is 11.9 Å². The molecular formula is C9H14O3. The molecule has 3 heteroatoms. The van der Waals surface area contributed by atoms with Gasteiger partial charge in [0.25, 0.3) is 0 Å². The molecule has 0 aromatic carbocycles. The average molecular weight is 170 g/mol. The Kier molecular flexibility index (Phi) is 5.97. The quantitative estimate of drug-likeness (QED) is 0.367. The van der Waals surface area contributed by atoms with Gasteiger partial charge in [-0.2, -0.15) is 0 Å². The van der Waals surface area contributed by atoms with E-state index in [4.69, 9.17) is 0 Å². The van der Waals surface area contributed by atoms with Crippen LogP contribution < -0.4 is 0 Å². The maximum absolute atomic E-state index is 10.8. The van der Waals surface area contributed by atoms with Crippen LogP contribution in [-0.4, -0.2) is 11.9 Å². The summed E-state index contributed by atoms with van der Waals surface area (Å²) >= 11 is 0. The van der Waals surface area contributed by atoms with E-state index in [-0.39, 0.29) is 12.8 Å². The van der Waals surface area contributed by atoms with E-state index in [1.807, 2.05) is 13.0 Å². The van der Waals surface area contributed by atoms with Crippen molar-refractivity contribution in [2.75, 3.05) is 0 Å². The summed E-state index contributed by atoms with van der Waals surface area (Å²) in [6.45, 7) is 3.62. The van der Waals surface area contributed by atoms with E-state index in [1.165, 1.54) is 0 Å². The van der Waals surface area contributed by atoms with Crippen molar-refractivity contribution in [3.63, 3.8) is 0 Å². The molecule has 0 aliphatic rings. The summed E-state index contributed by atoms with van der Waals surface area (Å²) in [5.41, 5.74) is 0. The molecule has 12 heavy (non-hydrogen) atoms. The SMILES string of the molecule is CC/C=C/CC(=O)OC(=O)CC. The third-order valence-corrected chi connectivity index (χ3v) is 1.20. The second-order valence-electron chi connectivity index (χ2n) is 2.28. The molecule has 0 aliphatic carbocycles. The molecule has 0 spiro atoms. The van der Waals surface area contributed by atoms with Gasteiger partial charge >= 0.3 is 11.9 Å². The summed E-state index contributed by atoms with van der Waals surface area (Å²) < 4.78 is 4.42. The van der Waals surface area contributed by atoms with Gasteiger partial charge in [-0.3, -0.25) is 9.59 Å². The van der Waals surface area contributed by atoms with E-state index in [2.05, 4.69) is 4.74 Å². The van der Waals surface area contributed by atoms with Crippen LogP contribution in [0, 0.1) is 0 Å². The van der Waals surface area contributed by atoms with Crippen molar-refractivity contribution in [3.05, 3.63) is 12.2 Å². The number of hydrogen-bond donors (Lipinski definition) is 0. The molecule has 0 saturated carbocycles. The number of esters is 2. The van der Waals surface area contributed by atoms with Crippen molar-refractivity contribution < 1.29 is 14.3 Å². The Hall–Kier alpha value is -1.12. The summed E-state index contributed by atoms with van der Waals surface area (Å²) in [7, 11) is 0. The second-order valence-corrected chi connectivity index (χ2v) is 2.28. The topological polar surface area (TPSA) is 43.4 Å². The lowest BCUT2D eigenvalue weighted by atomic mass is 10.3. The van der Waals surface area contributed by atoms with Crippen LogP contribution in [0.25, 0.3) is 0 Å². The molecule has 0 saturated heterocycles. The van der Waals surface area contributed by atoms with Crippen LogP contribution in [0.5, 0.6) is 0 Å². The third-order valence-electron chi connectivity index (χ3n) is 1.20. The molecule has 0 rings (SSSR count). The molecule has 0 N–H and O–H groups in total. The van der Waals surface area contributed by atoms with Crippen LogP contribution in [0.4, 0.5) is 0 Å². The number of rotatable bonds is 4. The lowest BCUT2D eigenvalue weighted by Gasteiger charge is -1.96. The first-order valence-electron chi connectivity index (χ1n) is 4.09. The third kappa shape index (κ3) is 5.65. The van der Waals surface area contributed by atoms with Gasteiger partial charge in [-0.15, -0.1) is 0 Å². The Morgan fingerprint density at radius 1 is 1.17 bits per heavy atom. The highest BCUT2D eigenvalue weighted by molar-refractivity contribution is 5.85. The monoisotopic (exact) mass is 170 g/mol. The lowest BCUT2D eigenvalue weighted by Crippen LogP contribution is -2.09. The molecule has 0 fully saturated rings. The van der Waals surface area contributed by atoms with Gasteiger partial charge < -0.3 is 4.74 Å². The lowest BCUT2D eigenvalue weighted by molar-refractivity contribution is -0.158. The fraction of sp³-hybridized carbons (Fsp3) is 0.556. The van der Waals surface area contributed by atoms with Gasteiger partial charge in [-0.05, 0) is 6.42 Å². The average Bonchev–Trinajstić information content (AvgIpc) is 2.05. The van der Waals surface area contributed by atoms with E-state index < -0.39 is 11.9 Å². The first-order chi connectivity index (χ1) is 5.70. The minimum Gasteiger partial charge on any atom is -0.393 e. The molecule has 0 unspecified atom stereocenters. The zero-order chi connectivity index (χ0) is 9.40. The van der Waals surface area contributed by atoms with Crippen LogP contribution in [0.15, 0.2) is 12.2 Å². The maximum atomic E-state index is 10.8. The van der Waals surface area contributed by atoms with E-state index >= 15 is 0 Å². The highest BCUT2D eigenvalue weighted by Gasteiger charge is 2.04. The van der Waals surface area contributed by atoms with Crippen molar-refractivity contribution in [2.45, 2.75) is 33.1 Å². The van der Waals surface area contributed by atoms with Gasteiger partial charge in [0.2, 0.25) is 0 Å². The van der Waals surface area contributed by atoms with Crippen LogP contribution in [0.2, 0.25) is 0 Å². The summed E-state index contributed by atoms with van der Waals surface area (Å²) in [5.74, 6) is -0.948. The minimum absolute atomic E-state index is 0.180. The van der Waals surface area contributed by atoms with E-state index in [9.17, 15) is 9.59 Å². The van der Waals surface area contributed by atoms with Gasteiger partial charge in [-0.1, -0.05) is 26.0 Å².